The molecular formula is C20H26ClN3O3S. The fraction of sp³-hybridized carbons (Fsp3) is 0.550. The molecule has 1 amide bonds. The Morgan fingerprint density at radius 3 is 2.93 bits per heavy atom. The van der Waals surface area contributed by atoms with Crippen molar-refractivity contribution in [2.75, 3.05) is 25.4 Å². The van der Waals surface area contributed by atoms with Crippen LogP contribution in [0, 0.1) is 5.92 Å². The number of hydrogen-bond donors (Lipinski definition) is 0. The van der Waals surface area contributed by atoms with Crippen molar-refractivity contribution in [2.45, 2.75) is 45.0 Å². The van der Waals surface area contributed by atoms with Crippen molar-refractivity contribution in [3.8, 4) is 0 Å². The van der Waals surface area contributed by atoms with Crippen LogP contribution in [-0.4, -0.2) is 51.9 Å². The molecule has 2 heterocycles. The van der Waals surface area contributed by atoms with Crippen LogP contribution in [0.4, 0.5) is 0 Å². The Bertz CT molecular complexity index is 915. The Kier molecular flexibility index (Phi) is 7.01. The first-order chi connectivity index (χ1) is 13.3. The molecule has 0 aliphatic carbocycles. The van der Waals surface area contributed by atoms with Gasteiger partial charge in [0.1, 0.15) is 0 Å². The van der Waals surface area contributed by atoms with Gasteiger partial charge in [-0.05, 0) is 37.5 Å². The zero-order valence-corrected chi connectivity index (χ0v) is 18.1. The third-order valence-electron chi connectivity index (χ3n) is 4.73. The van der Waals surface area contributed by atoms with Crippen molar-refractivity contribution in [1.82, 2.24) is 14.5 Å². The fourth-order valence-electron chi connectivity index (χ4n) is 3.13. The van der Waals surface area contributed by atoms with E-state index in [4.69, 9.17) is 16.3 Å². The number of benzene rings is 1. The maximum atomic E-state index is 13.0. The molecule has 28 heavy (non-hydrogen) atoms. The maximum Gasteiger partial charge on any atom is 0.262 e. The highest BCUT2D eigenvalue weighted by Gasteiger charge is 2.22. The summed E-state index contributed by atoms with van der Waals surface area (Å²) < 4.78 is 7.19. The van der Waals surface area contributed by atoms with Gasteiger partial charge in [0, 0.05) is 24.7 Å². The number of rotatable bonds is 6. The van der Waals surface area contributed by atoms with E-state index in [1.54, 1.807) is 22.8 Å². The van der Waals surface area contributed by atoms with Crippen molar-refractivity contribution in [1.29, 1.82) is 0 Å². The minimum Gasteiger partial charge on any atom is -0.375 e. The first kappa shape index (κ1) is 21.1. The average molecular weight is 424 g/mol. The number of fused-ring (bicyclic) bond motifs is 1. The van der Waals surface area contributed by atoms with Gasteiger partial charge in [0.05, 0.1) is 29.4 Å². The molecule has 0 N–H and O–H groups in total. The van der Waals surface area contributed by atoms with Gasteiger partial charge in [-0.25, -0.2) is 4.98 Å². The summed E-state index contributed by atoms with van der Waals surface area (Å²) in [6.45, 7) is 8.54. The summed E-state index contributed by atoms with van der Waals surface area (Å²) in [5.74, 6) is 0.741. The summed E-state index contributed by atoms with van der Waals surface area (Å²) in [6, 6.07) is 5.11. The lowest BCUT2D eigenvalue weighted by molar-refractivity contribution is -0.135. The molecule has 8 heteroatoms. The molecule has 0 spiro atoms. The van der Waals surface area contributed by atoms with E-state index in [2.05, 4.69) is 18.8 Å². The van der Waals surface area contributed by atoms with Gasteiger partial charge in [-0.1, -0.05) is 37.2 Å². The quantitative estimate of drug-likeness (QED) is 0.526. The number of halogens is 1. The molecule has 1 aromatic carbocycles. The van der Waals surface area contributed by atoms with E-state index in [9.17, 15) is 9.59 Å². The van der Waals surface area contributed by atoms with E-state index < -0.39 is 0 Å². The SMILES string of the molecule is CC(C)CCn1c(SCC(=O)N2CCOC(C)C2)nc2cc(Cl)ccc2c1=O. The van der Waals surface area contributed by atoms with Gasteiger partial charge in [0.15, 0.2) is 5.16 Å². The van der Waals surface area contributed by atoms with E-state index in [0.717, 1.165) is 6.42 Å². The summed E-state index contributed by atoms with van der Waals surface area (Å²) in [4.78, 5) is 32.1. The van der Waals surface area contributed by atoms with Crippen LogP contribution in [0.3, 0.4) is 0 Å². The second-order valence-electron chi connectivity index (χ2n) is 7.50. The summed E-state index contributed by atoms with van der Waals surface area (Å²) in [7, 11) is 0. The Morgan fingerprint density at radius 1 is 1.43 bits per heavy atom. The van der Waals surface area contributed by atoms with E-state index >= 15 is 0 Å². The number of carbonyl (C=O) groups excluding carboxylic acids is 1. The van der Waals surface area contributed by atoms with Crippen molar-refractivity contribution < 1.29 is 9.53 Å². The Morgan fingerprint density at radius 2 is 2.21 bits per heavy atom. The van der Waals surface area contributed by atoms with E-state index in [0.29, 0.717) is 53.2 Å². The van der Waals surface area contributed by atoms with Crippen LogP contribution in [0.25, 0.3) is 10.9 Å². The molecule has 0 saturated carbocycles. The summed E-state index contributed by atoms with van der Waals surface area (Å²) in [6.07, 6.45) is 0.913. The Labute approximate surface area is 174 Å². The summed E-state index contributed by atoms with van der Waals surface area (Å²) >= 11 is 7.39. The second kappa shape index (κ2) is 9.29. The third kappa shape index (κ3) is 5.07. The van der Waals surface area contributed by atoms with Crippen molar-refractivity contribution in [3.05, 3.63) is 33.6 Å². The lowest BCUT2D eigenvalue weighted by atomic mass is 10.1. The minimum atomic E-state index is -0.0859. The van der Waals surface area contributed by atoms with Crippen LogP contribution in [0.2, 0.25) is 5.02 Å². The van der Waals surface area contributed by atoms with Gasteiger partial charge in [0.25, 0.3) is 5.56 Å². The summed E-state index contributed by atoms with van der Waals surface area (Å²) in [5.41, 5.74) is 0.477. The van der Waals surface area contributed by atoms with Gasteiger partial charge in [-0.2, -0.15) is 0 Å². The smallest absolute Gasteiger partial charge is 0.262 e. The molecule has 6 nitrogen and oxygen atoms in total. The largest absolute Gasteiger partial charge is 0.375 e. The highest BCUT2D eigenvalue weighted by atomic mass is 35.5. The molecule has 1 aliphatic heterocycles. The number of amides is 1. The van der Waals surface area contributed by atoms with Crippen molar-refractivity contribution in [2.24, 2.45) is 5.92 Å². The van der Waals surface area contributed by atoms with Gasteiger partial charge >= 0.3 is 0 Å². The molecule has 1 unspecified atom stereocenters. The van der Waals surface area contributed by atoms with Crippen LogP contribution < -0.4 is 5.56 Å². The molecule has 1 fully saturated rings. The summed E-state index contributed by atoms with van der Waals surface area (Å²) in [5, 5.41) is 1.65. The number of aromatic nitrogens is 2. The van der Waals surface area contributed by atoms with Gasteiger partial charge < -0.3 is 9.64 Å². The first-order valence-corrected chi connectivity index (χ1v) is 10.9. The predicted octanol–water partition coefficient (Wildman–Crippen LogP) is 3.44. The van der Waals surface area contributed by atoms with Crippen LogP contribution in [-0.2, 0) is 16.1 Å². The lowest BCUT2D eigenvalue weighted by Gasteiger charge is -2.31. The van der Waals surface area contributed by atoms with E-state index in [1.807, 2.05) is 11.8 Å². The molecule has 1 aliphatic rings. The average Bonchev–Trinajstić information content (AvgIpc) is 2.65. The molecule has 0 radical (unpaired) electrons. The number of morpholine rings is 1. The standard InChI is InChI=1S/C20H26ClN3O3S/c1-13(2)6-7-24-19(26)16-5-4-15(21)10-17(16)22-20(24)28-12-18(25)23-8-9-27-14(3)11-23/h4-5,10,13-14H,6-9,11-12H2,1-3H3. The van der Waals surface area contributed by atoms with Gasteiger partial charge in [0.2, 0.25) is 5.91 Å². The zero-order valence-electron chi connectivity index (χ0n) is 16.5. The predicted molar refractivity (Wildman–Crippen MR) is 113 cm³/mol. The monoisotopic (exact) mass is 423 g/mol. The second-order valence-corrected chi connectivity index (χ2v) is 8.88. The number of carbonyl (C=O) groups is 1. The molecular weight excluding hydrogens is 398 g/mol. The highest BCUT2D eigenvalue weighted by Crippen LogP contribution is 2.22. The number of nitrogens with zero attached hydrogens (tertiary/aromatic N) is 3. The third-order valence-corrected chi connectivity index (χ3v) is 5.93. The van der Waals surface area contributed by atoms with Crippen LogP contribution in [0.15, 0.2) is 28.2 Å². The number of hydrogen-bond acceptors (Lipinski definition) is 5. The molecule has 1 saturated heterocycles. The molecule has 0 bridgehead atoms. The zero-order chi connectivity index (χ0) is 20.3. The molecule has 1 aromatic heterocycles. The number of thioether (sulfide) groups is 1. The Balaban J connectivity index is 1.86. The van der Waals surface area contributed by atoms with Crippen molar-refractivity contribution >= 4 is 40.2 Å². The van der Waals surface area contributed by atoms with Gasteiger partial charge in [-0.15, -0.1) is 0 Å². The number of ether oxygens (including phenoxy) is 1. The fourth-order valence-corrected chi connectivity index (χ4v) is 4.23. The van der Waals surface area contributed by atoms with Crippen LogP contribution >= 0.6 is 23.4 Å². The Hall–Kier alpha value is -1.57. The maximum absolute atomic E-state index is 13.0. The van der Waals surface area contributed by atoms with E-state index in [-0.39, 0.29) is 23.3 Å². The van der Waals surface area contributed by atoms with Gasteiger partial charge in [-0.3, -0.25) is 14.2 Å². The molecule has 152 valence electrons. The normalized spacial score (nSPS) is 17.5. The minimum absolute atomic E-state index is 0.0380. The highest BCUT2D eigenvalue weighted by molar-refractivity contribution is 7.99. The molecule has 3 rings (SSSR count). The first-order valence-electron chi connectivity index (χ1n) is 9.57. The van der Waals surface area contributed by atoms with Crippen LogP contribution in [0.1, 0.15) is 27.2 Å². The van der Waals surface area contributed by atoms with Crippen molar-refractivity contribution in [3.63, 3.8) is 0 Å². The lowest BCUT2D eigenvalue weighted by Crippen LogP contribution is -2.45. The molecule has 2 aromatic rings. The topological polar surface area (TPSA) is 64.4 Å². The van der Waals surface area contributed by atoms with Crippen LogP contribution in [0.5, 0.6) is 0 Å². The van der Waals surface area contributed by atoms with E-state index in [1.165, 1.54) is 11.8 Å². The molecule has 1 atom stereocenters.